The van der Waals surface area contributed by atoms with Gasteiger partial charge in [0.2, 0.25) is 0 Å². The number of rotatable bonds is 5. The Bertz CT molecular complexity index is 281. The first kappa shape index (κ1) is 11.8. The maximum Gasteiger partial charge on any atom is 0.0590 e. The second-order valence-electron chi connectivity index (χ2n) is 3.08. The van der Waals surface area contributed by atoms with Gasteiger partial charge in [0.05, 0.1) is 10.2 Å². The summed E-state index contributed by atoms with van der Waals surface area (Å²) in [6, 6.07) is 1.94. The van der Waals surface area contributed by atoms with Crippen LogP contribution in [-0.4, -0.2) is 16.9 Å². The zero-order valence-electron chi connectivity index (χ0n) is 8.13. The SMILES string of the molecule is CCC(Cl)CCNc1ccncc1Br. The second kappa shape index (κ2) is 6.25. The molecular weight excluding hydrogens is 263 g/mol. The first-order chi connectivity index (χ1) is 6.74. The van der Waals surface area contributed by atoms with Crippen LogP contribution in [0.2, 0.25) is 0 Å². The highest BCUT2D eigenvalue weighted by molar-refractivity contribution is 9.10. The lowest BCUT2D eigenvalue weighted by molar-refractivity contribution is 0.753. The summed E-state index contributed by atoms with van der Waals surface area (Å²) in [5, 5.41) is 3.57. The Morgan fingerprint density at radius 2 is 2.43 bits per heavy atom. The summed E-state index contributed by atoms with van der Waals surface area (Å²) in [7, 11) is 0. The number of nitrogens with zero attached hydrogens (tertiary/aromatic N) is 1. The Balaban J connectivity index is 2.35. The van der Waals surface area contributed by atoms with Gasteiger partial charge in [0.15, 0.2) is 0 Å². The van der Waals surface area contributed by atoms with Crippen molar-refractivity contribution in [3.8, 4) is 0 Å². The number of hydrogen-bond acceptors (Lipinski definition) is 2. The summed E-state index contributed by atoms with van der Waals surface area (Å²) in [5.41, 5.74) is 1.07. The van der Waals surface area contributed by atoms with Gasteiger partial charge in [-0.15, -0.1) is 11.6 Å². The molecule has 0 saturated carbocycles. The van der Waals surface area contributed by atoms with Gasteiger partial charge in [0.1, 0.15) is 0 Å². The number of aromatic nitrogens is 1. The molecular formula is C10H14BrClN2. The van der Waals surface area contributed by atoms with Crippen molar-refractivity contribution >= 4 is 33.2 Å². The zero-order chi connectivity index (χ0) is 10.4. The van der Waals surface area contributed by atoms with Crippen LogP contribution in [0.3, 0.4) is 0 Å². The molecule has 0 aliphatic rings. The molecule has 1 aromatic rings. The third kappa shape index (κ3) is 3.84. The van der Waals surface area contributed by atoms with E-state index in [1.165, 1.54) is 0 Å². The molecule has 1 unspecified atom stereocenters. The van der Waals surface area contributed by atoms with E-state index in [0.717, 1.165) is 29.5 Å². The molecule has 2 nitrogen and oxygen atoms in total. The fourth-order valence-corrected chi connectivity index (χ4v) is 1.59. The van der Waals surface area contributed by atoms with Crippen LogP contribution in [0, 0.1) is 0 Å². The number of pyridine rings is 1. The first-order valence-corrected chi connectivity index (χ1v) is 5.94. The van der Waals surface area contributed by atoms with E-state index in [9.17, 15) is 0 Å². The molecule has 0 aromatic carbocycles. The molecule has 0 saturated heterocycles. The molecule has 0 bridgehead atoms. The molecule has 0 aliphatic heterocycles. The van der Waals surface area contributed by atoms with Gasteiger partial charge < -0.3 is 5.32 Å². The van der Waals surface area contributed by atoms with Gasteiger partial charge in [-0.2, -0.15) is 0 Å². The van der Waals surface area contributed by atoms with Gasteiger partial charge in [-0.1, -0.05) is 6.92 Å². The van der Waals surface area contributed by atoms with Gasteiger partial charge >= 0.3 is 0 Å². The minimum absolute atomic E-state index is 0.267. The number of halogens is 2. The lowest BCUT2D eigenvalue weighted by atomic mass is 10.2. The van der Waals surface area contributed by atoms with Crippen molar-refractivity contribution in [1.82, 2.24) is 4.98 Å². The summed E-state index contributed by atoms with van der Waals surface area (Å²) >= 11 is 9.43. The van der Waals surface area contributed by atoms with E-state index in [2.05, 4.69) is 33.2 Å². The summed E-state index contributed by atoms with van der Waals surface area (Å²) in [6.07, 6.45) is 5.54. The van der Waals surface area contributed by atoms with Crippen molar-refractivity contribution in [3.05, 3.63) is 22.9 Å². The molecule has 1 N–H and O–H groups in total. The smallest absolute Gasteiger partial charge is 0.0590 e. The monoisotopic (exact) mass is 276 g/mol. The topological polar surface area (TPSA) is 24.9 Å². The minimum atomic E-state index is 0.267. The molecule has 0 aliphatic carbocycles. The molecule has 0 fully saturated rings. The van der Waals surface area contributed by atoms with Crippen molar-refractivity contribution in [2.24, 2.45) is 0 Å². The van der Waals surface area contributed by atoms with Crippen molar-refractivity contribution in [3.63, 3.8) is 0 Å². The highest BCUT2D eigenvalue weighted by Gasteiger charge is 2.01. The van der Waals surface area contributed by atoms with Crippen molar-refractivity contribution in [2.45, 2.75) is 25.1 Å². The molecule has 0 spiro atoms. The van der Waals surface area contributed by atoms with Crippen LogP contribution in [0.4, 0.5) is 5.69 Å². The van der Waals surface area contributed by atoms with Crippen molar-refractivity contribution in [1.29, 1.82) is 0 Å². The Labute approximate surface area is 98.2 Å². The maximum absolute atomic E-state index is 6.01. The number of hydrogen-bond donors (Lipinski definition) is 1. The van der Waals surface area contributed by atoms with E-state index in [1.54, 1.807) is 12.4 Å². The largest absolute Gasteiger partial charge is 0.384 e. The van der Waals surface area contributed by atoms with Gasteiger partial charge in [-0.25, -0.2) is 0 Å². The van der Waals surface area contributed by atoms with E-state index in [-0.39, 0.29) is 5.38 Å². The average molecular weight is 278 g/mol. The van der Waals surface area contributed by atoms with Gasteiger partial charge in [0, 0.05) is 24.3 Å². The second-order valence-corrected chi connectivity index (χ2v) is 4.55. The molecule has 78 valence electrons. The predicted octanol–water partition coefficient (Wildman–Crippen LogP) is 3.66. The zero-order valence-corrected chi connectivity index (χ0v) is 10.5. The van der Waals surface area contributed by atoms with Crippen LogP contribution >= 0.6 is 27.5 Å². The fourth-order valence-electron chi connectivity index (χ4n) is 1.09. The lowest BCUT2D eigenvalue weighted by Gasteiger charge is -2.09. The van der Waals surface area contributed by atoms with Gasteiger partial charge in [-0.05, 0) is 34.8 Å². The van der Waals surface area contributed by atoms with Gasteiger partial charge in [0.25, 0.3) is 0 Å². The predicted molar refractivity (Wildman–Crippen MR) is 65.0 cm³/mol. The van der Waals surface area contributed by atoms with Crippen LogP contribution in [-0.2, 0) is 0 Å². The molecule has 4 heteroatoms. The van der Waals surface area contributed by atoms with Gasteiger partial charge in [-0.3, -0.25) is 4.98 Å². The normalized spacial score (nSPS) is 12.5. The molecule has 1 heterocycles. The first-order valence-electron chi connectivity index (χ1n) is 4.71. The van der Waals surface area contributed by atoms with E-state index in [1.807, 2.05) is 6.07 Å². The van der Waals surface area contributed by atoms with E-state index in [4.69, 9.17) is 11.6 Å². The molecule has 0 amide bonds. The standard InChI is InChI=1S/C10H14BrClN2/c1-2-8(12)3-6-14-10-4-5-13-7-9(10)11/h4-5,7-8H,2-3,6H2,1H3,(H,13,14). The fraction of sp³-hybridized carbons (Fsp3) is 0.500. The third-order valence-electron chi connectivity index (χ3n) is 1.99. The third-order valence-corrected chi connectivity index (χ3v) is 3.15. The number of anilines is 1. The van der Waals surface area contributed by atoms with Crippen LogP contribution in [0.5, 0.6) is 0 Å². The van der Waals surface area contributed by atoms with Crippen LogP contribution < -0.4 is 5.32 Å². The molecule has 14 heavy (non-hydrogen) atoms. The molecule has 1 rings (SSSR count). The molecule has 1 atom stereocenters. The summed E-state index contributed by atoms with van der Waals surface area (Å²) < 4.78 is 0.989. The minimum Gasteiger partial charge on any atom is -0.384 e. The average Bonchev–Trinajstić information content (AvgIpc) is 2.20. The highest BCUT2D eigenvalue weighted by Crippen LogP contribution is 2.20. The Hall–Kier alpha value is -0.280. The van der Waals surface area contributed by atoms with E-state index >= 15 is 0 Å². The quantitative estimate of drug-likeness (QED) is 0.831. The van der Waals surface area contributed by atoms with Crippen LogP contribution in [0.15, 0.2) is 22.9 Å². The molecule has 0 radical (unpaired) electrons. The Kier molecular flexibility index (Phi) is 5.26. The maximum atomic E-state index is 6.01. The van der Waals surface area contributed by atoms with E-state index < -0.39 is 0 Å². The van der Waals surface area contributed by atoms with Crippen LogP contribution in [0.1, 0.15) is 19.8 Å². The highest BCUT2D eigenvalue weighted by atomic mass is 79.9. The molecule has 1 aromatic heterocycles. The summed E-state index contributed by atoms with van der Waals surface area (Å²) in [5.74, 6) is 0. The van der Waals surface area contributed by atoms with Crippen molar-refractivity contribution < 1.29 is 0 Å². The number of alkyl halides is 1. The number of nitrogens with one attached hydrogen (secondary N) is 1. The summed E-state index contributed by atoms with van der Waals surface area (Å²) in [6.45, 7) is 2.99. The van der Waals surface area contributed by atoms with E-state index in [0.29, 0.717) is 0 Å². The Morgan fingerprint density at radius 1 is 1.64 bits per heavy atom. The van der Waals surface area contributed by atoms with Crippen molar-refractivity contribution in [2.75, 3.05) is 11.9 Å². The summed E-state index contributed by atoms with van der Waals surface area (Å²) in [4.78, 5) is 3.99. The Morgan fingerprint density at radius 3 is 3.07 bits per heavy atom. The van der Waals surface area contributed by atoms with Crippen LogP contribution in [0.25, 0.3) is 0 Å². The lowest BCUT2D eigenvalue weighted by Crippen LogP contribution is -2.08.